The van der Waals surface area contributed by atoms with Gasteiger partial charge in [-0.1, -0.05) is 12.1 Å². The first-order valence-electron chi connectivity index (χ1n) is 5.49. The Kier molecular flexibility index (Phi) is 3.44. The van der Waals surface area contributed by atoms with Gasteiger partial charge in [-0.3, -0.25) is 0 Å². The number of hydrogen-bond acceptors (Lipinski definition) is 4. The Bertz CT molecular complexity index is 590. The van der Waals surface area contributed by atoms with Crippen molar-refractivity contribution in [3.8, 4) is 11.8 Å². The molecule has 0 unspecified atom stereocenters. The van der Waals surface area contributed by atoms with Crippen molar-refractivity contribution >= 4 is 11.4 Å². The number of ether oxygens (including phenoxy) is 1. The monoisotopic (exact) mass is 239 g/mol. The van der Waals surface area contributed by atoms with Gasteiger partial charge in [-0.15, -0.1) is 0 Å². The van der Waals surface area contributed by atoms with Gasteiger partial charge in [-0.05, 0) is 24.3 Å². The highest BCUT2D eigenvalue weighted by molar-refractivity contribution is 5.71. The van der Waals surface area contributed by atoms with Gasteiger partial charge >= 0.3 is 0 Å². The van der Waals surface area contributed by atoms with E-state index >= 15 is 0 Å². The molecule has 0 radical (unpaired) electrons. The summed E-state index contributed by atoms with van der Waals surface area (Å²) in [6.07, 6.45) is 1.61. The molecule has 0 aliphatic heterocycles. The Hall–Kier alpha value is -2.54. The zero-order chi connectivity index (χ0) is 13.0. The number of nitrogens with zero attached hydrogens (tertiary/aromatic N) is 3. The van der Waals surface area contributed by atoms with Crippen LogP contribution in [-0.2, 0) is 0 Å². The molecule has 0 aliphatic carbocycles. The molecule has 0 aliphatic rings. The Labute approximate surface area is 106 Å². The number of anilines is 2. The van der Waals surface area contributed by atoms with Crippen LogP contribution in [0.25, 0.3) is 0 Å². The summed E-state index contributed by atoms with van der Waals surface area (Å²) in [6.45, 7) is 0. The maximum atomic E-state index is 9.07. The van der Waals surface area contributed by atoms with Crippen LogP contribution in [0.4, 0.5) is 11.4 Å². The first-order chi connectivity index (χ1) is 8.77. The quantitative estimate of drug-likeness (QED) is 0.826. The van der Waals surface area contributed by atoms with Crippen LogP contribution in [0.5, 0.6) is 5.75 Å². The average molecular weight is 239 g/mol. The summed E-state index contributed by atoms with van der Waals surface area (Å²) < 4.78 is 5.32. The van der Waals surface area contributed by atoms with Crippen LogP contribution in [0.15, 0.2) is 42.6 Å². The van der Waals surface area contributed by atoms with Crippen molar-refractivity contribution in [1.82, 2.24) is 4.98 Å². The molecular formula is C14H13N3O. The Balaban J connectivity index is 2.48. The van der Waals surface area contributed by atoms with Crippen molar-refractivity contribution in [2.75, 3.05) is 19.1 Å². The molecule has 4 nitrogen and oxygen atoms in total. The molecule has 2 rings (SSSR count). The van der Waals surface area contributed by atoms with Crippen molar-refractivity contribution in [3.05, 3.63) is 48.3 Å². The fourth-order valence-electron chi connectivity index (χ4n) is 1.79. The minimum absolute atomic E-state index is 0.394. The summed E-state index contributed by atoms with van der Waals surface area (Å²) in [4.78, 5) is 5.95. The first-order valence-corrected chi connectivity index (χ1v) is 5.49. The van der Waals surface area contributed by atoms with E-state index in [9.17, 15) is 0 Å². The molecule has 1 aromatic heterocycles. The van der Waals surface area contributed by atoms with Crippen molar-refractivity contribution in [3.63, 3.8) is 0 Å². The van der Waals surface area contributed by atoms with Crippen LogP contribution in [0, 0.1) is 11.3 Å². The second kappa shape index (κ2) is 5.19. The number of methoxy groups -OCH3 is 1. The van der Waals surface area contributed by atoms with E-state index in [2.05, 4.69) is 11.1 Å². The number of aromatic nitrogens is 1. The second-order valence-electron chi connectivity index (χ2n) is 3.71. The highest BCUT2D eigenvalue weighted by atomic mass is 16.5. The molecule has 18 heavy (non-hydrogen) atoms. The van der Waals surface area contributed by atoms with E-state index in [-0.39, 0.29) is 0 Å². The topological polar surface area (TPSA) is 49.1 Å². The standard InChI is InChI=1S/C14H13N3O/c1-17(12-7-5-9-16-11(12)10-15)13-6-3-4-8-14(13)18-2/h3-9H,1-2H3. The van der Waals surface area contributed by atoms with Gasteiger partial charge in [0.05, 0.1) is 18.5 Å². The summed E-state index contributed by atoms with van der Waals surface area (Å²) in [6, 6.07) is 13.4. The van der Waals surface area contributed by atoms with Crippen molar-refractivity contribution in [2.45, 2.75) is 0 Å². The Morgan fingerprint density at radius 2 is 1.89 bits per heavy atom. The lowest BCUT2D eigenvalue weighted by atomic mass is 10.2. The highest BCUT2D eigenvalue weighted by Gasteiger charge is 2.13. The Morgan fingerprint density at radius 1 is 1.17 bits per heavy atom. The molecule has 4 heteroatoms. The SMILES string of the molecule is COc1ccccc1N(C)c1cccnc1C#N. The van der Waals surface area contributed by atoms with Crippen LogP contribution in [-0.4, -0.2) is 19.1 Å². The van der Waals surface area contributed by atoms with E-state index in [0.717, 1.165) is 17.1 Å². The summed E-state index contributed by atoms with van der Waals surface area (Å²) in [5.74, 6) is 0.757. The van der Waals surface area contributed by atoms with Crippen molar-refractivity contribution < 1.29 is 4.74 Å². The third kappa shape index (κ3) is 2.11. The Morgan fingerprint density at radius 3 is 2.61 bits per heavy atom. The fraction of sp³-hybridized carbons (Fsp3) is 0.143. The average Bonchev–Trinajstić information content (AvgIpc) is 2.46. The first kappa shape index (κ1) is 11.9. The van der Waals surface area contributed by atoms with Gasteiger partial charge in [-0.25, -0.2) is 4.98 Å². The number of benzene rings is 1. The van der Waals surface area contributed by atoms with Crippen LogP contribution >= 0.6 is 0 Å². The summed E-state index contributed by atoms with van der Waals surface area (Å²) in [5, 5.41) is 9.07. The van der Waals surface area contributed by atoms with Gasteiger partial charge in [-0.2, -0.15) is 5.26 Å². The minimum atomic E-state index is 0.394. The maximum absolute atomic E-state index is 9.07. The van der Waals surface area contributed by atoms with Crippen LogP contribution < -0.4 is 9.64 Å². The molecule has 0 N–H and O–H groups in total. The second-order valence-corrected chi connectivity index (χ2v) is 3.71. The van der Waals surface area contributed by atoms with Gasteiger partial charge in [0.25, 0.3) is 0 Å². The molecular weight excluding hydrogens is 226 g/mol. The molecule has 2 aromatic rings. The van der Waals surface area contributed by atoms with Gasteiger partial charge in [0.15, 0.2) is 5.69 Å². The van der Waals surface area contributed by atoms with Crippen LogP contribution in [0.1, 0.15) is 5.69 Å². The van der Waals surface area contributed by atoms with Crippen molar-refractivity contribution in [2.24, 2.45) is 0 Å². The predicted molar refractivity (Wildman–Crippen MR) is 70.0 cm³/mol. The normalized spacial score (nSPS) is 9.61. The number of nitriles is 1. The molecule has 0 atom stereocenters. The molecule has 0 bridgehead atoms. The summed E-state index contributed by atoms with van der Waals surface area (Å²) in [7, 11) is 3.51. The molecule has 0 amide bonds. The van der Waals surface area contributed by atoms with E-state index in [0.29, 0.717) is 5.69 Å². The summed E-state index contributed by atoms with van der Waals surface area (Å²) in [5.41, 5.74) is 2.04. The van der Waals surface area contributed by atoms with Crippen molar-refractivity contribution in [1.29, 1.82) is 5.26 Å². The number of para-hydroxylation sites is 2. The maximum Gasteiger partial charge on any atom is 0.164 e. The zero-order valence-electron chi connectivity index (χ0n) is 10.3. The highest BCUT2D eigenvalue weighted by Crippen LogP contribution is 2.32. The lowest BCUT2D eigenvalue weighted by Gasteiger charge is -2.22. The van der Waals surface area contributed by atoms with E-state index in [1.165, 1.54) is 0 Å². The molecule has 1 heterocycles. The molecule has 0 spiro atoms. The lowest BCUT2D eigenvalue weighted by Crippen LogP contribution is -2.12. The molecule has 0 saturated carbocycles. The largest absolute Gasteiger partial charge is 0.495 e. The zero-order valence-corrected chi connectivity index (χ0v) is 10.3. The lowest BCUT2D eigenvalue weighted by molar-refractivity contribution is 0.415. The third-order valence-corrected chi connectivity index (χ3v) is 2.70. The van der Waals surface area contributed by atoms with E-state index < -0.39 is 0 Å². The fourth-order valence-corrected chi connectivity index (χ4v) is 1.79. The smallest absolute Gasteiger partial charge is 0.164 e. The molecule has 1 aromatic carbocycles. The number of hydrogen-bond donors (Lipinski definition) is 0. The third-order valence-electron chi connectivity index (χ3n) is 2.70. The van der Waals surface area contributed by atoms with E-state index in [1.807, 2.05) is 48.3 Å². The molecule has 0 fully saturated rings. The van der Waals surface area contributed by atoms with Gasteiger partial charge in [0.2, 0.25) is 0 Å². The van der Waals surface area contributed by atoms with Crippen LogP contribution in [0.2, 0.25) is 0 Å². The molecule has 90 valence electrons. The number of rotatable bonds is 3. The summed E-state index contributed by atoms with van der Waals surface area (Å²) >= 11 is 0. The minimum Gasteiger partial charge on any atom is -0.495 e. The van der Waals surface area contributed by atoms with Gasteiger partial charge in [0, 0.05) is 13.2 Å². The molecule has 0 saturated heterocycles. The van der Waals surface area contributed by atoms with Gasteiger partial charge in [0.1, 0.15) is 11.8 Å². The number of pyridine rings is 1. The van der Waals surface area contributed by atoms with Gasteiger partial charge < -0.3 is 9.64 Å². The van der Waals surface area contributed by atoms with Crippen LogP contribution in [0.3, 0.4) is 0 Å². The van der Waals surface area contributed by atoms with E-state index in [1.54, 1.807) is 13.3 Å². The van der Waals surface area contributed by atoms with E-state index in [4.69, 9.17) is 10.00 Å². The predicted octanol–water partition coefficient (Wildman–Crippen LogP) is 2.73.